The molecule has 5 aromatic carbocycles. The SMILES string of the molecule is CCCCCCCCOc1c(C)c(-c2ccccc2)c2nsnc2c1-c1cc2c(CCCCCCCC)c3sc(-c4c(C)c(OCCCCCCCC)c(-c5ccc(-c6ccc(-c7ccccc7)s6)s5)c5nsnc45)cc3c(CCCCCCCC)c2s1. The van der Waals surface area contributed by atoms with Crippen molar-refractivity contribution in [2.45, 2.75) is 208 Å². The number of nitrogens with zero attached hydrogens (tertiary/aromatic N) is 4. The second-order valence-corrected chi connectivity index (χ2v) is 29.7. The van der Waals surface area contributed by atoms with Gasteiger partial charge in [-0.15, -0.1) is 45.3 Å². The van der Waals surface area contributed by atoms with Crippen LogP contribution >= 0.6 is 68.8 Å². The van der Waals surface area contributed by atoms with Crippen LogP contribution in [0.3, 0.4) is 0 Å². The van der Waals surface area contributed by atoms with E-state index in [1.54, 1.807) is 0 Å². The summed E-state index contributed by atoms with van der Waals surface area (Å²) in [6.45, 7) is 15.2. The van der Waals surface area contributed by atoms with Gasteiger partial charge in [-0.3, -0.25) is 0 Å². The summed E-state index contributed by atoms with van der Waals surface area (Å²) in [6.07, 6.45) is 31.7. The molecule has 11 aromatic rings. The zero-order chi connectivity index (χ0) is 60.6. The molecule has 0 radical (unpaired) electrons. The highest BCUT2D eigenvalue weighted by molar-refractivity contribution is 7.25. The molecule has 0 fully saturated rings. The van der Waals surface area contributed by atoms with Gasteiger partial charge in [-0.1, -0.05) is 217 Å². The highest BCUT2D eigenvalue weighted by Gasteiger charge is 2.30. The number of unbranched alkanes of at least 4 members (excludes halogenated alkanes) is 20. The van der Waals surface area contributed by atoms with Crippen LogP contribution in [-0.4, -0.2) is 30.7 Å². The molecule has 462 valence electrons. The fourth-order valence-electron chi connectivity index (χ4n) is 13.1. The van der Waals surface area contributed by atoms with Crippen LogP contribution in [0.4, 0.5) is 0 Å². The Balaban J connectivity index is 1.07. The molecule has 6 heterocycles. The van der Waals surface area contributed by atoms with Crippen molar-refractivity contribution in [3.8, 4) is 74.1 Å². The third kappa shape index (κ3) is 14.7. The van der Waals surface area contributed by atoms with Crippen molar-refractivity contribution in [2.24, 2.45) is 0 Å². The Hall–Kier alpha value is -5.34. The molecular formula is C76H90N4O2S6. The van der Waals surface area contributed by atoms with Crippen LogP contribution in [0.2, 0.25) is 0 Å². The monoisotopic (exact) mass is 1280 g/mol. The first-order valence-electron chi connectivity index (χ1n) is 33.6. The van der Waals surface area contributed by atoms with Crippen LogP contribution in [0, 0.1) is 13.8 Å². The quantitative estimate of drug-likeness (QED) is 0.0365. The van der Waals surface area contributed by atoms with Crippen molar-refractivity contribution >= 4 is 111 Å². The smallest absolute Gasteiger partial charge is 0.133 e. The maximum atomic E-state index is 7.22. The Morgan fingerprint density at radius 2 is 0.693 bits per heavy atom. The third-order valence-electron chi connectivity index (χ3n) is 17.8. The van der Waals surface area contributed by atoms with Gasteiger partial charge in [0.25, 0.3) is 0 Å². The molecule has 0 aliphatic heterocycles. The van der Waals surface area contributed by atoms with E-state index in [1.807, 2.05) is 45.3 Å². The first-order chi connectivity index (χ1) is 43.4. The van der Waals surface area contributed by atoms with Crippen LogP contribution in [0.1, 0.15) is 204 Å². The van der Waals surface area contributed by atoms with Gasteiger partial charge >= 0.3 is 0 Å². The van der Waals surface area contributed by atoms with E-state index in [1.165, 1.54) is 224 Å². The first-order valence-corrected chi connectivity index (χ1v) is 38.3. The van der Waals surface area contributed by atoms with E-state index in [2.05, 4.69) is 139 Å². The van der Waals surface area contributed by atoms with Crippen LogP contribution in [0.5, 0.6) is 11.5 Å². The molecular weight excluding hydrogens is 1190 g/mol. The van der Waals surface area contributed by atoms with Crippen molar-refractivity contribution in [1.82, 2.24) is 17.5 Å². The fraction of sp³-hybridized carbons (Fsp3) is 0.447. The fourth-order valence-corrected chi connectivity index (χ4v) is 19.0. The molecule has 0 amide bonds. The van der Waals surface area contributed by atoms with Gasteiger partial charge in [0, 0.05) is 60.9 Å². The van der Waals surface area contributed by atoms with Gasteiger partial charge in [0.1, 0.15) is 33.6 Å². The predicted molar refractivity (Wildman–Crippen MR) is 389 cm³/mol. The maximum Gasteiger partial charge on any atom is 0.133 e. The summed E-state index contributed by atoms with van der Waals surface area (Å²) in [7, 11) is 0. The molecule has 0 bridgehead atoms. The Morgan fingerprint density at radius 1 is 0.330 bits per heavy atom. The maximum absolute atomic E-state index is 7.22. The molecule has 12 heteroatoms. The van der Waals surface area contributed by atoms with Crippen LogP contribution in [0.25, 0.3) is 105 Å². The Kier molecular flexibility index (Phi) is 23.4. The normalized spacial score (nSPS) is 11.9. The molecule has 0 N–H and O–H groups in total. The van der Waals surface area contributed by atoms with Gasteiger partial charge in [-0.05, 0) is 122 Å². The summed E-state index contributed by atoms with van der Waals surface area (Å²) in [4.78, 5) is 7.49. The summed E-state index contributed by atoms with van der Waals surface area (Å²) in [5.41, 5.74) is 16.0. The molecule has 11 rings (SSSR count). The number of aromatic nitrogens is 4. The molecule has 0 aliphatic carbocycles. The van der Waals surface area contributed by atoms with Gasteiger partial charge in [0.15, 0.2) is 0 Å². The molecule has 6 nitrogen and oxygen atoms in total. The summed E-state index contributed by atoms with van der Waals surface area (Å²) in [5.74, 6) is 1.93. The van der Waals surface area contributed by atoms with Gasteiger partial charge in [0.2, 0.25) is 0 Å². The standard InChI is InChI=1S/C76H90N4O2S6/c1-7-11-15-19-23-33-41-55-57-49-63(66-52(6)74(82-48-36-26-22-18-14-10-4)67(71-70(66)78-88-79-71)62-46-45-61(84-62)60-44-43-59(83-60)53-37-29-27-30-38-53)85-75(57)56(42-34-24-20-16-12-8-2)58-50-64(86-76(55)58)68-72-69(77-87-80-72)65(54-39-31-28-32-40-54)51(5)73(68)81-47-35-25-21-17-13-9-3/h27-32,37-40,43-46,49-50H,7-26,33-36,41-42,47-48H2,1-6H3. The van der Waals surface area contributed by atoms with Gasteiger partial charge in [0.05, 0.1) is 47.8 Å². The number of ether oxygens (including phenoxy) is 2. The second-order valence-electron chi connectivity index (χ2n) is 24.3. The average molecular weight is 1280 g/mol. The molecule has 88 heavy (non-hydrogen) atoms. The van der Waals surface area contributed by atoms with E-state index >= 15 is 0 Å². The lowest BCUT2D eigenvalue weighted by Crippen LogP contribution is -2.03. The van der Waals surface area contributed by atoms with E-state index in [4.69, 9.17) is 27.0 Å². The van der Waals surface area contributed by atoms with Crippen LogP contribution in [-0.2, 0) is 12.8 Å². The number of hydrogen-bond donors (Lipinski definition) is 0. The highest BCUT2D eigenvalue weighted by Crippen LogP contribution is 2.55. The van der Waals surface area contributed by atoms with Crippen molar-refractivity contribution in [1.29, 1.82) is 0 Å². The van der Waals surface area contributed by atoms with E-state index in [0.717, 1.165) is 105 Å². The summed E-state index contributed by atoms with van der Waals surface area (Å²) in [5, 5.41) is 2.82. The largest absolute Gasteiger partial charge is 0.493 e. The summed E-state index contributed by atoms with van der Waals surface area (Å²) >= 11 is 10.3. The number of rotatable bonds is 36. The van der Waals surface area contributed by atoms with Crippen LogP contribution < -0.4 is 9.47 Å². The van der Waals surface area contributed by atoms with Gasteiger partial charge < -0.3 is 9.47 Å². The van der Waals surface area contributed by atoms with E-state index in [-0.39, 0.29) is 0 Å². The summed E-state index contributed by atoms with van der Waals surface area (Å²) in [6, 6.07) is 35.8. The van der Waals surface area contributed by atoms with Crippen LogP contribution in [0.15, 0.2) is 97.1 Å². The van der Waals surface area contributed by atoms with E-state index in [9.17, 15) is 0 Å². The molecule has 0 saturated carbocycles. The predicted octanol–water partition coefficient (Wildman–Crippen LogP) is 26.2. The third-order valence-corrected chi connectivity index (χ3v) is 23.8. The topological polar surface area (TPSA) is 70.0 Å². The minimum atomic E-state index is 0.672. The Labute approximate surface area is 548 Å². The molecule has 0 aliphatic rings. The summed E-state index contributed by atoms with van der Waals surface area (Å²) < 4.78 is 38.1. The number of fused-ring (bicyclic) bond motifs is 4. The Bertz CT molecular complexity index is 3920. The van der Waals surface area contributed by atoms with E-state index in [0.29, 0.717) is 13.2 Å². The van der Waals surface area contributed by atoms with Gasteiger partial charge in [-0.2, -0.15) is 17.5 Å². The molecule has 6 aromatic heterocycles. The lowest BCUT2D eigenvalue weighted by Gasteiger charge is -2.18. The molecule has 0 unspecified atom stereocenters. The number of thiophene rings is 4. The van der Waals surface area contributed by atoms with E-state index < -0.39 is 0 Å². The lowest BCUT2D eigenvalue weighted by molar-refractivity contribution is 0.304. The minimum Gasteiger partial charge on any atom is -0.493 e. The number of aryl methyl sites for hydroxylation is 2. The highest BCUT2D eigenvalue weighted by atomic mass is 32.1. The van der Waals surface area contributed by atoms with Gasteiger partial charge in [-0.25, -0.2) is 0 Å². The zero-order valence-electron chi connectivity index (χ0n) is 53.1. The minimum absolute atomic E-state index is 0.672. The van der Waals surface area contributed by atoms with Crippen molar-refractivity contribution in [3.63, 3.8) is 0 Å². The van der Waals surface area contributed by atoms with Crippen molar-refractivity contribution in [3.05, 3.63) is 119 Å². The molecule has 0 saturated heterocycles. The Morgan fingerprint density at radius 3 is 1.18 bits per heavy atom. The second kappa shape index (κ2) is 32.1. The molecule has 0 atom stereocenters. The zero-order valence-corrected chi connectivity index (χ0v) is 58.0. The average Bonchev–Trinajstić information content (AvgIpc) is 2.23. The molecule has 0 spiro atoms. The van der Waals surface area contributed by atoms with Crippen molar-refractivity contribution < 1.29 is 9.47 Å². The number of hydrogen-bond acceptors (Lipinski definition) is 12. The first kappa shape index (κ1) is 64.2. The number of benzene rings is 5. The lowest BCUT2D eigenvalue weighted by atomic mass is 9.92. The van der Waals surface area contributed by atoms with Crippen molar-refractivity contribution in [2.75, 3.05) is 13.2 Å².